The van der Waals surface area contributed by atoms with Crippen molar-refractivity contribution in [2.75, 3.05) is 0 Å². The molecule has 1 aliphatic rings. The maximum Gasteiger partial charge on any atom is 0.331 e. The number of fused-ring (bicyclic) bond motifs is 1. The van der Waals surface area contributed by atoms with E-state index in [0.29, 0.717) is 10.5 Å². The largest absolute Gasteiger partial charge is 0.331 e. The summed E-state index contributed by atoms with van der Waals surface area (Å²) in [5, 5.41) is 2.57. The van der Waals surface area contributed by atoms with Gasteiger partial charge in [0.2, 0.25) is 10.0 Å². The van der Waals surface area contributed by atoms with Crippen molar-refractivity contribution in [3.63, 3.8) is 0 Å². The molecule has 1 aliphatic carbocycles. The van der Waals surface area contributed by atoms with E-state index in [0.717, 1.165) is 17.4 Å². The summed E-state index contributed by atoms with van der Waals surface area (Å²) in [5.74, 6) is 0. The van der Waals surface area contributed by atoms with Gasteiger partial charge in [-0.05, 0) is 38.0 Å². The average molecular weight is 406 g/mol. The number of benzene rings is 1. The van der Waals surface area contributed by atoms with Crippen LogP contribution in [0.2, 0.25) is 0 Å². The Labute approximate surface area is 159 Å². The summed E-state index contributed by atoms with van der Waals surface area (Å²) >= 11 is 1.34. The molecule has 1 N–H and O–H groups in total. The molecule has 0 radical (unpaired) electrons. The molecule has 27 heavy (non-hydrogen) atoms. The number of hydrogen-bond donors (Lipinski definition) is 1. The lowest BCUT2D eigenvalue weighted by Gasteiger charge is -2.14. The SMILES string of the molecule is Cn1c(=O)n(Cc2nccs2)c(=O)c2cc(S(=O)(=O)NC3(C)CC3)ccc21. The van der Waals surface area contributed by atoms with Gasteiger partial charge in [0.15, 0.2) is 0 Å². The molecule has 8 nitrogen and oxygen atoms in total. The van der Waals surface area contributed by atoms with E-state index >= 15 is 0 Å². The van der Waals surface area contributed by atoms with Crippen molar-refractivity contribution >= 4 is 32.3 Å². The van der Waals surface area contributed by atoms with E-state index in [1.54, 1.807) is 18.6 Å². The summed E-state index contributed by atoms with van der Waals surface area (Å²) in [7, 11) is -2.19. The number of nitrogens with one attached hydrogen (secondary N) is 1. The topological polar surface area (TPSA) is 103 Å². The first-order valence-corrected chi connectivity index (χ1v) is 10.7. The molecule has 3 aromatic rings. The Kier molecular flexibility index (Phi) is 4.09. The molecule has 0 aliphatic heterocycles. The van der Waals surface area contributed by atoms with E-state index in [-0.39, 0.29) is 16.8 Å². The van der Waals surface area contributed by atoms with Crippen molar-refractivity contribution in [1.82, 2.24) is 18.8 Å². The van der Waals surface area contributed by atoms with Gasteiger partial charge >= 0.3 is 5.69 Å². The Morgan fingerprint density at radius 3 is 2.67 bits per heavy atom. The fourth-order valence-electron chi connectivity index (χ4n) is 2.94. The Balaban J connectivity index is 1.87. The van der Waals surface area contributed by atoms with Gasteiger partial charge in [-0.25, -0.2) is 22.9 Å². The molecule has 2 aromatic heterocycles. The van der Waals surface area contributed by atoms with Crippen molar-refractivity contribution in [3.8, 4) is 0 Å². The van der Waals surface area contributed by atoms with Crippen LogP contribution in [0.5, 0.6) is 0 Å². The van der Waals surface area contributed by atoms with E-state index in [2.05, 4.69) is 9.71 Å². The standard InChI is InChI=1S/C17H18N4O4S2/c1-17(5-6-17)19-27(24,25)11-3-4-13-12(9-11)15(22)21(16(23)20(13)2)10-14-18-7-8-26-14/h3-4,7-9,19H,5-6,10H2,1-2H3. The summed E-state index contributed by atoms with van der Waals surface area (Å²) in [4.78, 5) is 29.6. The fourth-order valence-corrected chi connectivity index (χ4v) is 5.04. The molecule has 1 saturated carbocycles. The van der Waals surface area contributed by atoms with Crippen LogP contribution in [-0.4, -0.2) is 28.1 Å². The lowest BCUT2D eigenvalue weighted by atomic mass is 10.2. The number of nitrogens with zero attached hydrogens (tertiary/aromatic N) is 3. The monoisotopic (exact) mass is 406 g/mol. The Bertz CT molecular complexity index is 1250. The van der Waals surface area contributed by atoms with Gasteiger partial charge in [-0.2, -0.15) is 0 Å². The lowest BCUT2D eigenvalue weighted by molar-refractivity contribution is 0.558. The third-order valence-corrected chi connectivity index (χ3v) is 7.19. The number of rotatable bonds is 5. The zero-order chi connectivity index (χ0) is 19.4. The Hall–Kier alpha value is -2.30. The summed E-state index contributed by atoms with van der Waals surface area (Å²) in [6.45, 7) is 1.89. The summed E-state index contributed by atoms with van der Waals surface area (Å²) < 4.78 is 30.4. The maximum atomic E-state index is 12.9. The minimum atomic E-state index is -3.75. The van der Waals surface area contributed by atoms with Gasteiger partial charge in [0.05, 0.1) is 22.3 Å². The number of thiazole rings is 1. The van der Waals surface area contributed by atoms with Crippen molar-refractivity contribution in [2.45, 2.75) is 36.7 Å². The third-order valence-electron chi connectivity index (χ3n) is 4.79. The fraction of sp³-hybridized carbons (Fsp3) is 0.353. The van der Waals surface area contributed by atoms with Crippen LogP contribution >= 0.6 is 11.3 Å². The summed E-state index contributed by atoms with van der Waals surface area (Å²) in [6, 6.07) is 4.25. The molecule has 0 bridgehead atoms. The van der Waals surface area contributed by atoms with E-state index < -0.39 is 26.8 Å². The van der Waals surface area contributed by atoms with Gasteiger partial charge in [0.1, 0.15) is 5.01 Å². The van der Waals surface area contributed by atoms with E-state index in [1.165, 1.54) is 34.1 Å². The van der Waals surface area contributed by atoms with Crippen LogP contribution in [0.25, 0.3) is 10.9 Å². The van der Waals surface area contributed by atoms with Gasteiger partial charge in [0.25, 0.3) is 5.56 Å². The highest BCUT2D eigenvalue weighted by Crippen LogP contribution is 2.36. The molecule has 0 amide bonds. The number of hydrogen-bond acceptors (Lipinski definition) is 6. The van der Waals surface area contributed by atoms with Crippen LogP contribution in [-0.2, 0) is 23.6 Å². The highest BCUT2D eigenvalue weighted by Gasteiger charge is 2.41. The minimum Gasteiger partial charge on any atom is -0.296 e. The van der Waals surface area contributed by atoms with Gasteiger partial charge in [-0.1, -0.05) is 0 Å². The Morgan fingerprint density at radius 1 is 1.30 bits per heavy atom. The summed E-state index contributed by atoms with van der Waals surface area (Å²) in [5.41, 5.74) is -1.03. The van der Waals surface area contributed by atoms with Gasteiger partial charge in [0, 0.05) is 24.2 Å². The van der Waals surface area contributed by atoms with Crippen molar-refractivity contribution in [3.05, 3.63) is 55.6 Å². The number of aryl methyl sites for hydroxylation is 1. The van der Waals surface area contributed by atoms with Gasteiger partial charge < -0.3 is 0 Å². The minimum absolute atomic E-state index is 0.0136. The van der Waals surface area contributed by atoms with Crippen molar-refractivity contribution in [2.24, 2.45) is 7.05 Å². The van der Waals surface area contributed by atoms with E-state index in [9.17, 15) is 18.0 Å². The molecule has 0 unspecified atom stereocenters. The van der Waals surface area contributed by atoms with Crippen LogP contribution in [0.4, 0.5) is 0 Å². The van der Waals surface area contributed by atoms with E-state index in [4.69, 9.17) is 0 Å². The van der Waals surface area contributed by atoms with E-state index in [1.807, 2.05) is 6.92 Å². The second-order valence-electron chi connectivity index (χ2n) is 7.00. The lowest BCUT2D eigenvalue weighted by Crippen LogP contribution is -2.39. The molecule has 1 aromatic carbocycles. The van der Waals surface area contributed by atoms with Crippen LogP contribution in [0.1, 0.15) is 24.8 Å². The zero-order valence-corrected chi connectivity index (χ0v) is 16.4. The molecule has 4 rings (SSSR count). The number of aromatic nitrogens is 3. The maximum absolute atomic E-state index is 12.9. The van der Waals surface area contributed by atoms with Crippen LogP contribution < -0.4 is 16.0 Å². The van der Waals surface area contributed by atoms with Gasteiger partial charge in [-0.15, -0.1) is 11.3 Å². The molecule has 10 heteroatoms. The molecule has 0 saturated heterocycles. The zero-order valence-electron chi connectivity index (χ0n) is 14.8. The van der Waals surface area contributed by atoms with Crippen molar-refractivity contribution < 1.29 is 8.42 Å². The second kappa shape index (κ2) is 6.11. The first-order valence-electron chi connectivity index (χ1n) is 8.36. The molecular weight excluding hydrogens is 388 g/mol. The van der Waals surface area contributed by atoms with Crippen LogP contribution in [0.15, 0.2) is 44.3 Å². The van der Waals surface area contributed by atoms with Crippen molar-refractivity contribution in [1.29, 1.82) is 0 Å². The molecule has 142 valence electrons. The highest BCUT2D eigenvalue weighted by molar-refractivity contribution is 7.89. The van der Waals surface area contributed by atoms with Crippen LogP contribution in [0, 0.1) is 0 Å². The smallest absolute Gasteiger partial charge is 0.296 e. The molecule has 2 heterocycles. The van der Waals surface area contributed by atoms with Crippen LogP contribution in [0.3, 0.4) is 0 Å². The molecule has 0 spiro atoms. The normalized spacial score (nSPS) is 15.9. The predicted molar refractivity (Wildman–Crippen MR) is 103 cm³/mol. The average Bonchev–Trinajstić information content (AvgIpc) is 3.12. The third kappa shape index (κ3) is 3.24. The quantitative estimate of drug-likeness (QED) is 0.682. The first-order chi connectivity index (χ1) is 12.7. The molecule has 0 atom stereocenters. The molecular formula is C17H18N4O4S2. The number of sulfonamides is 1. The molecule has 1 fully saturated rings. The summed E-state index contributed by atoms with van der Waals surface area (Å²) in [6.07, 6.45) is 3.18. The highest BCUT2D eigenvalue weighted by atomic mass is 32.2. The second-order valence-corrected chi connectivity index (χ2v) is 9.67. The Morgan fingerprint density at radius 2 is 2.04 bits per heavy atom. The predicted octanol–water partition coefficient (Wildman–Crippen LogP) is 1.04. The first kappa shape index (κ1) is 18.1. The van der Waals surface area contributed by atoms with Gasteiger partial charge in [-0.3, -0.25) is 13.9 Å².